The number of ether oxygens (including phenoxy) is 1. The third-order valence-electron chi connectivity index (χ3n) is 5.20. The van der Waals surface area contributed by atoms with Gasteiger partial charge in [-0.3, -0.25) is 14.5 Å². The fourth-order valence-electron chi connectivity index (χ4n) is 3.70. The summed E-state index contributed by atoms with van der Waals surface area (Å²) in [5.41, 5.74) is -0.699. The van der Waals surface area contributed by atoms with E-state index < -0.39 is 24.0 Å². The molecule has 6 nitrogen and oxygen atoms in total. The highest BCUT2D eigenvalue weighted by molar-refractivity contribution is 6.11. The van der Waals surface area contributed by atoms with Crippen molar-refractivity contribution in [3.05, 3.63) is 29.8 Å². The monoisotopic (exact) mass is 366 g/mol. The van der Waals surface area contributed by atoms with Crippen molar-refractivity contribution in [2.75, 3.05) is 6.54 Å². The van der Waals surface area contributed by atoms with E-state index in [0.29, 0.717) is 6.42 Å². The summed E-state index contributed by atoms with van der Waals surface area (Å²) in [6.07, 6.45) is 3.28. The number of rotatable bonds is 5. The van der Waals surface area contributed by atoms with Gasteiger partial charge in [0.25, 0.3) is 5.91 Å². The Bertz CT molecular complexity index is 722. The van der Waals surface area contributed by atoms with Crippen LogP contribution in [-0.2, 0) is 4.79 Å². The molecule has 8 heteroatoms. The Kier molecular flexibility index (Phi) is 4.93. The molecule has 1 spiro atoms. The maximum atomic E-state index is 12.8. The minimum absolute atomic E-state index is 0.0126. The third-order valence-corrected chi connectivity index (χ3v) is 5.20. The van der Waals surface area contributed by atoms with Crippen molar-refractivity contribution in [2.45, 2.75) is 44.8 Å². The molecule has 2 aliphatic rings. The van der Waals surface area contributed by atoms with Crippen LogP contribution < -0.4 is 10.1 Å². The first-order chi connectivity index (χ1) is 12.3. The predicted octanol–water partition coefficient (Wildman–Crippen LogP) is 2.97. The van der Waals surface area contributed by atoms with Gasteiger partial charge in [-0.25, -0.2) is 4.79 Å². The standard InChI is InChI=1S/C18H20F2N2O4/c1-11-4-2-3-9-18(11)15(24)22(17(25)21-18)10-14(23)12-5-7-13(8-6-12)26-16(19)20/h5-8,11,16H,2-4,9-10H2,1H3,(H,21,25)/t11-,18+/m1/s1. The maximum absolute atomic E-state index is 12.8. The molecule has 2 fully saturated rings. The summed E-state index contributed by atoms with van der Waals surface area (Å²) in [4.78, 5) is 38.5. The molecule has 1 aromatic rings. The van der Waals surface area contributed by atoms with Crippen molar-refractivity contribution >= 4 is 17.7 Å². The van der Waals surface area contributed by atoms with Crippen LogP contribution in [0.3, 0.4) is 0 Å². The molecule has 1 aromatic carbocycles. The quantitative estimate of drug-likeness (QED) is 0.642. The Labute approximate surface area is 149 Å². The molecule has 1 aliphatic carbocycles. The smallest absolute Gasteiger partial charge is 0.387 e. The molecule has 1 N–H and O–H groups in total. The van der Waals surface area contributed by atoms with E-state index in [-0.39, 0.29) is 29.7 Å². The lowest BCUT2D eigenvalue weighted by atomic mass is 9.73. The fraction of sp³-hybridized carbons (Fsp3) is 0.500. The second-order valence-corrected chi connectivity index (χ2v) is 6.77. The third kappa shape index (κ3) is 3.27. The van der Waals surface area contributed by atoms with E-state index in [1.165, 1.54) is 24.3 Å². The van der Waals surface area contributed by atoms with E-state index in [9.17, 15) is 23.2 Å². The van der Waals surface area contributed by atoms with Crippen molar-refractivity contribution in [2.24, 2.45) is 5.92 Å². The van der Waals surface area contributed by atoms with Gasteiger partial charge in [0, 0.05) is 5.56 Å². The number of benzene rings is 1. The molecule has 0 bridgehead atoms. The van der Waals surface area contributed by atoms with Crippen molar-refractivity contribution < 1.29 is 27.9 Å². The lowest BCUT2D eigenvalue weighted by molar-refractivity contribution is -0.133. The van der Waals surface area contributed by atoms with Gasteiger partial charge in [0.1, 0.15) is 11.3 Å². The summed E-state index contributed by atoms with van der Waals surface area (Å²) in [6.45, 7) is -1.39. The van der Waals surface area contributed by atoms with Gasteiger partial charge < -0.3 is 10.1 Å². The largest absolute Gasteiger partial charge is 0.435 e. The second-order valence-electron chi connectivity index (χ2n) is 6.77. The van der Waals surface area contributed by atoms with Crippen molar-refractivity contribution in [3.63, 3.8) is 0 Å². The van der Waals surface area contributed by atoms with E-state index in [1.807, 2.05) is 6.92 Å². The van der Waals surface area contributed by atoms with Crippen LogP contribution >= 0.6 is 0 Å². The molecule has 1 saturated carbocycles. The van der Waals surface area contributed by atoms with Gasteiger partial charge in [-0.1, -0.05) is 19.8 Å². The number of carbonyl (C=O) groups excluding carboxylic acids is 3. The molecule has 3 rings (SSSR count). The van der Waals surface area contributed by atoms with Crippen LogP contribution in [0.2, 0.25) is 0 Å². The molecule has 0 unspecified atom stereocenters. The molecule has 3 amide bonds. The van der Waals surface area contributed by atoms with E-state index in [1.54, 1.807) is 0 Å². The van der Waals surface area contributed by atoms with Gasteiger partial charge >= 0.3 is 12.6 Å². The van der Waals surface area contributed by atoms with Crippen LogP contribution in [0.5, 0.6) is 5.75 Å². The number of nitrogens with zero attached hydrogens (tertiary/aromatic N) is 1. The Morgan fingerprint density at radius 3 is 2.62 bits per heavy atom. The number of alkyl halides is 2. The number of urea groups is 1. The van der Waals surface area contributed by atoms with E-state index >= 15 is 0 Å². The van der Waals surface area contributed by atoms with Gasteiger partial charge in [0.2, 0.25) is 0 Å². The molecule has 26 heavy (non-hydrogen) atoms. The molecule has 0 radical (unpaired) electrons. The lowest BCUT2D eigenvalue weighted by Crippen LogP contribution is -2.54. The van der Waals surface area contributed by atoms with Crippen LogP contribution in [-0.4, -0.2) is 41.3 Å². The number of hydrogen-bond acceptors (Lipinski definition) is 4. The minimum Gasteiger partial charge on any atom is -0.435 e. The summed E-state index contributed by atoms with van der Waals surface area (Å²) in [5, 5.41) is 2.79. The number of amides is 3. The zero-order valence-electron chi connectivity index (χ0n) is 14.3. The zero-order chi connectivity index (χ0) is 18.9. The van der Waals surface area contributed by atoms with Crippen LogP contribution in [0.4, 0.5) is 13.6 Å². The average molecular weight is 366 g/mol. The van der Waals surface area contributed by atoms with E-state index in [0.717, 1.165) is 24.2 Å². The van der Waals surface area contributed by atoms with Crippen LogP contribution in [0, 0.1) is 5.92 Å². The molecular formula is C18H20F2N2O4. The highest BCUT2D eigenvalue weighted by Crippen LogP contribution is 2.38. The summed E-state index contributed by atoms with van der Waals surface area (Å²) >= 11 is 0. The summed E-state index contributed by atoms with van der Waals surface area (Å²) in [6, 6.07) is 4.59. The molecule has 1 heterocycles. The zero-order valence-corrected chi connectivity index (χ0v) is 14.3. The Morgan fingerprint density at radius 1 is 1.31 bits per heavy atom. The van der Waals surface area contributed by atoms with Gasteiger partial charge in [-0.2, -0.15) is 8.78 Å². The van der Waals surface area contributed by atoms with Crippen LogP contribution in [0.15, 0.2) is 24.3 Å². The lowest BCUT2D eigenvalue weighted by Gasteiger charge is -2.36. The van der Waals surface area contributed by atoms with Crippen LogP contribution in [0.1, 0.15) is 43.0 Å². The molecule has 1 saturated heterocycles. The SMILES string of the molecule is C[C@@H]1CCCC[C@]12NC(=O)N(CC(=O)c1ccc(OC(F)F)cc1)C2=O. The maximum Gasteiger partial charge on any atom is 0.387 e. The first kappa shape index (κ1) is 18.3. The number of Topliss-reactive ketones (excluding diaryl/α,β-unsaturated/α-hetero) is 1. The average Bonchev–Trinajstić information content (AvgIpc) is 2.83. The van der Waals surface area contributed by atoms with Crippen LogP contribution in [0.25, 0.3) is 0 Å². The van der Waals surface area contributed by atoms with E-state index in [2.05, 4.69) is 10.1 Å². The minimum atomic E-state index is -2.95. The summed E-state index contributed by atoms with van der Waals surface area (Å²) in [5.74, 6) is -0.863. The molecule has 0 aromatic heterocycles. The van der Waals surface area contributed by atoms with Gasteiger partial charge in [-0.15, -0.1) is 0 Å². The Balaban J connectivity index is 1.71. The van der Waals surface area contributed by atoms with Gasteiger partial charge in [0.05, 0.1) is 6.54 Å². The summed E-state index contributed by atoms with van der Waals surface area (Å²) in [7, 11) is 0. The van der Waals surface area contributed by atoms with Crippen molar-refractivity contribution in [1.29, 1.82) is 0 Å². The van der Waals surface area contributed by atoms with Gasteiger partial charge in [-0.05, 0) is 43.0 Å². The number of nitrogens with one attached hydrogen (secondary N) is 1. The molecule has 2 atom stereocenters. The summed E-state index contributed by atoms with van der Waals surface area (Å²) < 4.78 is 28.6. The number of ketones is 1. The first-order valence-electron chi connectivity index (χ1n) is 8.55. The molecular weight excluding hydrogens is 346 g/mol. The molecule has 1 aliphatic heterocycles. The molecule has 140 valence electrons. The number of halogens is 2. The fourth-order valence-corrected chi connectivity index (χ4v) is 3.70. The highest BCUT2D eigenvalue weighted by Gasteiger charge is 2.55. The van der Waals surface area contributed by atoms with Crippen molar-refractivity contribution in [3.8, 4) is 5.75 Å². The number of hydrogen-bond donors (Lipinski definition) is 1. The van der Waals surface area contributed by atoms with Crippen molar-refractivity contribution in [1.82, 2.24) is 10.2 Å². The first-order valence-corrected chi connectivity index (χ1v) is 8.55. The highest BCUT2D eigenvalue weighted by atomic mass is 19.3. The number of imide groups is 1. The Morgan fingerprint density at radius 2 is 2.00 bits per heavy atom. The normalized spacial score (nSPS) is 25.7. The predicted molar refractivity (Wildman–Crippen MR) is 88.0 cm³/mol. The van der Waals surface area contributed by atoms with Gasteiger partial charge in [0.15, 0.2) is 5.78 Å². The topological polar surface area (TPSA) is 75.7 Å². The van der Waals surface area contributed by atoms with E-state index in [4.69, 9.17) is 0 Å². The number of carbonyl (C=O) groups is 3. The Hall–Kier alpha value is -2.51. The second kappa shape index (κ2) is 7.01.